The van der Waals surface area contributed by atoms with Crippen LogP contribution in [0.15, 0.2) is 52.1 Å². The van der Waals surface area contributed by atoms with Gasteiger partial charge < -0.3 is 16.4 Å². The Labute approximate surface area is 132 Å². The van der Waals surface area contributed by atoms with Gasteiger partial charge in [0.05, 0.1) is 11.4 Å². The lowest BCUT2D eigenvalue weighted by Gasteiger charge is -2.10. The standard InChI is InChI=1S/C15H17N5OS/c1-17-13(14(16)21)15(18-2)22-9-19-12-8-7-10-5-3-4-6-11(10)20-12/h3-8,18H,1,9H2,2H3,(H2,16,21)(H,19,20)/b15-13-. The van der Waals surface area contributed by atoms with E-state index in [9.17, 15) is 4.79 Å². The number of anilines is 1. The van der Waals surface area contributed by atoms with E-state index in [-0.39, 0.29) is 5.70 Å². The van der Waals surface area contributed by atoms with Gasteiger partial charge in [0.2, 0.25) is 0 Å². The van der Waals surface area contributed by atoms with Crippen LogP contribution in [-0.4, -0.2) is 30.5 Å². The summed E-state index contributed by atoms with van der Waals surface area (Å²) in [5.41, 5.74) is 6.30. The fourth-order valence-electron chi connectivity index (χ4n) is 1.87. The smallest absolute Gasteiger partial charge is 0.269 e. The Morgan fingerprint density at radius 1 is 1.36 bits per heavy atom. The Morgan fingerprint density at radius 3 is 2.82 bits per heavy atom. The van der Waals surface area contributed by atoms with Gasteiger partial charge in [-0.15, -0.1) is 0 Å². The fraction of sp³-hybridized carbons (Fsp3) is 0.133. The molecule has 0 spiro atoms. The van der Waals surface area contributed by atoms with Gasteiger partial charge in [0, 0.05) is 12.4 Å². The number of fused-ring (bicyclic) bond motifs is 1. The number of hydrogen-bond donors (Lipinski definition) is 3. The second-order valence-electron chi connectivity index (χ2n) is 4.30. The first kappa shape index (κ1) is 15.8. The molecule has 6 nitrogen and oxygen atoms in total. The van der Waals surface area contributed by atoms with Crippen molar-refractivity contribution in [1.29, 1.82) is 0 Å². The van der Waals surface area contributed by atoms with E-state index in [1.807, 2.05) is 36.4 Å². The number of nitrogens with one attached hydrogen (secondary N) is 2. The fourth-order valence-corrected chi connectivity index (χ4v) is 2.68. The molecule has 0 saturated heterocycles. The first-order chi connectivity index (χ1) is 10.7. The van der Waals surface area contributed by atoms with E-state index < -0.39 is 5.91 Å². The van der Waals surface area contributed by atoms with Crippen LogP contribution in [0.4, 0.5) is 5.82 Å². The lowest BCUT2D eigenvalue weighted by Crippen LogP contribution is -2.19. The molecule has 0 saturated carbocycles. The van der Waals surface area contributed by atoms with Crippen molar-refractivity contribution in [3.05, 3.63) is 47.1 Å². The van der Waals surface area contributed by atoms with Crippen molar-refractivity contribution in [3.63, 3.8) is 0 Å². The quantitative estimate of drug-likeness (QED) is 0.412. The number of carbonyl (C=O) groups excluding carboxylic acids is 1. The summed E-state index contributed by atoms with van der Waals surface area (Å²) in [7, 11) is 1.70. The molecule has 1 heterocycles. The van der Waals surface area contributed by atoms with Crippen LogP contribution in [0.3, 0.4) is 0 Å². The molecule has 0 radical (unpaired) electrons. The van der Waals surface area contributed by atoms with Crippen molar-refractivity contribution in [3.8, 4) is 0 Å². The number of nitrogens with zero attached hydrogens (tertiary/aromatic N) is 2. The van der Waals surface area contributed by atoms with E-state index in [1.54, 1.807) is 7.05 Å². The zero-order valence-corrected chi connectivity index (χ0v) is 13.0. The monoisotopic (exact) mass is 315 g/mol. The maximum absolute atomic E-state index is 11.3. The van der Waals surface area contributed by atoms with E-state index >= 15 is 0 Å². The van der Waals surface area contributed by atoms with Crippen LogP contribution >= 0.6 is 11.8 Å². The maximum atomic E-state index is 11.3. The molecule has 2 aromatic rings. The lowest BCUT2D eigenvalue weighted by atomic mass is 10.2. The van der Waals surface area contributed by atoms with Gasteiger partial charge in [-0.3, -0.25) is 9.79 Å². The van der Waals surface area contributed by atoms with E-state index in [1.165, 1.54) is 11.8 Å². The summed E-state index contributed by atoms with van der Waals surface area (Å²) >= 11 is 1.37. The van der Waals surface area contributed by atoms with Crippen molar-refractivity contribution in [2.75, 3.05) is 18.2 Å². The van der Waals surface area contributed by atoms with Crippen LogP contribution in [0.2, 0.25) is 0 Å². The van der Waals surface area contributed by atoms with Gasteiger partial charge >= 0.3 is 0 Å². The molecule has 0 unspecified atom stereocenters. The highest BCUT2D eigenvalue weighted by atomic mass is 32.2. The van der Waals surface area contributed by atoms with Gasteiger partial charge in [-0.25, -0.2) is 4.98 Å². The van der Waals surface area contributed by atoms with Crippen LogP contribution in [-0.2, 0) is 4.79 Å². The second kappa shape index (κ2) is 7.46. The molecule has 0 bridgehead atoms. The highest BCUT2D eigenvalue weighted by Crippen LogP contribution is 2.19. The normalized spacial score (nSPS) is 11.7. The molecular weight excluding hydrogens is 298 g/mol. The van der Waals surface area contributed by atoms with Gasteiger partial charge in [0.25, 0.3) is 5.91 Å². The zero-order chi connectivity index (χ0) is 15.9. The third-order valence-corrected chi connectivity index (χ3v) is 3.88. The number of rotatable bonds is 7. The largest absolute Gasteiger partial charge is 0.381 e. The van der Waals surface area contributed by atoms with Crippen molar-refractivity contribution in [2.24, 2.45) is 10.7 Å². The summed E-state index contributed by atoms with van der Waals surface area (Å²) in [6.07, 6.45) is 0. The number of pyridine rings is 1. The molecule has 1 aromatic carbocycles. The highest BCUT2D eigenvalue weighted by molar-refractivity contribution is 8.03. The van der Waals surface area contributed by atoms with Gasteiger partial charge in [-0.05, 0) is 24.9 Å². The number of carbonyl (C=O) groups is 1. The van der Waals surface area contributed by atoms with Crippen molar-refractivity contribution in [2.45, 2.75) is 0 Å². The topological polar surface area (TPSA) is 92.4 Å². The second-order valence-corrected chi connectivity index (χ2v) is 5.29. The number of para-hydroxylation sites is 1. The number of benzene rings is 1. The number of primary amides is 1. The summed E-state index contributed by atoms with van der Waals surface area (Å²) < 4.78 is 0. The van der Waals surface area contributed by atoms with Crippen molar-refractivity contribution >= 4 is 41.1 Å². The van der Waals surface area contributed by atoms with E-state index in [0.717, 1.165) is 16.7 Å². The van der Waals surface area contributed by atoms with Crippen LogP contribution in [0.25, 0.3) is 10.9 Å². The average Bonchev–Trinajstić information content (AvgIpc) is 2.53. The number of nitrogens with two attached hydrogens (primary N) is 1. The van der Waals surface area contributed by atoms with Crippen molar-refractivity contribution in [1.82, 2.24) is 10.3 Å². The van der Waals surface area contributed by atoms with E-state index in [2.05, 4.69) is 27.3 Å². The Kier molecular flexibility index (Phi) is 5.37. The number of amides is 1. The Hall–Kier alpha value is -2.54. The SMILES string of the molecule is C=N/C(C(N)=O)=C(/NC)SCNc1ccc2ccccc2n1. The molecule has 2 rings (SSSR count). The Morgan fingerprint density at radius 2 is 2.14 bits per heavy atom. The molecule has 0 fully saturated rings. The minimum absolute atomic E-state index is 0.126. The summed E-state index contributed by atoms with van der Waals surface area (Å²) in [5, 5.41) is 7.73. The Bertz CT molecular complexity index is 729. The molecule has 22 heavy (non-hydrogen) atoms. The van der Waals surface area contributed by atoms with Crippen LogP contribution < -0.4 is 16.4 Å². The van der Waals surface area contributed by atoms with Gasteiger partial charge in [0.1, 0.15) is 10.8 Å². The number of aromatic nitrogens is 1. The zero-order valence-electron chi connectivity index (χ0n) is 12.2. The third-order valence-electron chi connectivity index (χ3n) is 2.90. The van der Waals surface area contributed by atoms with Gasteiger partial charge in [0.15, 0.2) is 5.70 Å². The van der Waals surface area contributed by atoms with Crippen LogP contribution in [0, 0.1) is 0 Å². The van der Waals surface area contributed by atoms with Crippen LogP contribution in [0.1, 0.15) is 0 Å². The molecule has 1 aromatic heterocycles. The molecule has 0 aliphatic heterocycles. The average molecular weight is 315 g/mol. The lowest BCUT2D eigenvalue weighted by molar-refractivity contribution is -0.114. The highest BCUT2D eigenvalue weighted by Gasteiger charge is 2.10. The molecule has 1 amide bonds. The molecule has 0 aliphatic rings. The third kappa shape index (κ3) is 3.76. The van der Waals surface area contributed by atoms with Crippen LogP contribution in [0.5, 0.6) is 0 Å². The molecule has 7 heteroatoms. The number of thioether (sulfide) groups is 1. The van der Waals surface area contributed by atoms with Crippen molar-refractivity contribution < 1.29 is 4.79 Å². The molecular formula is C15H17N5OS. The molecule has 4 N–H and O–H groups in total. The first-order valence-electron chi connectivity index (χ1n) is 6.56. The van der Waals surface area contributed by atoms with E-state index in [0.29, 0.717) is 10.9 Å². The number of aliphatic imine (C=N–C) groups is 1. The molecule has 0 atom stereocenters. The first-order valence-corrected chi connectivity index (χ1v) is 7.55. The summed E-state index contributed by atoms with van der Waals surface area (Å²) in [6, 6.07) is 11.8. The van der Waals surface area contributed by atoms with E-state index in [4.69, 9.17) is 5.73 Å². The molecule has 114 valence electrons. The number of hydrogen-bond acceptors (Lipinski definition) is 6. The molecule has 0 aliphatic carbocycles. The Balaban J connectivity index is 2.05. The predicted molar refractivity (Wildman–Crippen MR) is 92.7 cm³/mol. The summed E-state index contributed by atoms with van der Waals surface area (Å²) in [5.74, 6) is 0.651. The summed E-state index contributed by atoms with van der Waals surface area (Å²) in [4.78, 5) is 19.4. The minimum atomic E-state index is -0.615. The van der Waals surface area contributed by atoms with Gasteiger partial charge in [-0.2, -0.15) is 0 Å². The van der Waals surface area contributed by atoms with Gasteiger partial charge in [-0.1, -0.05) is 30.0 Å². The predicted octanol–water partition coefficient (Wildman–Crippen LogP) is 1.91. The maximum Gasteiger partial charge on any atom is 0.269 e. The minimum Gasteiger partial charge on any atom is -0.381 e. The summed E-state index contributed by atoms with van der Waals surface area (Å²) in [6.45, 7) is 3.36.